The van der Waals surface area contributed by atoms with Gasteiger partial charge in [0.2, 0.25) is 0 Å². The number of anilines is 2. The van der Waals surface area contributed by atoms with Crippen molar-refractivity contribution in [3.05, 3.63) is 88.9 Å². The predicted molar refractivity (Wildman–Crippen MR) is 135 cm³/mol. The number of thiocarbonyl (C=S) groups is 1. The molecule has 1 aliphatic rings. The van der Waals surface area contributed by atoms with E-state index >= 15 is 0 Å². The minimum atomic E-state index is -0.307. The lowest BCUT2D eigenvalue weighted by Crippen LogP contribution is -2.36. The third-order valence-corrected chi connectivity index (χ3v) is 5.66. The van der Waals surface area contributed by atoms with Crippen LogP contribution in [0.1, 0.15) is 15.9 Å². The Labute approximate surface area is 203 Å². The maximum absolute atomic E-state index is 12.5. The summed E-state index contributed by atoms with van der Waals surface area (Å²) < 4.78 is 11.1. The number of hydrogen-bond acceptors (Lipinski definition) is 5. The van der Waals surface area contributed by atoms with Crippen molar-refractivity contribution in [2.45, 2.75) is 6.61 Å². The van der Waals surface area contributed by atoms with Crippen molar-refractivity contribution in [3.8, 4) is 5.75 Å². The van der Waals surface area contributed by atoms with Gasteiger partial charge in [0.05, 0.1) is 23.9 Å². The molecule has 0 aromatic heterocycles. The molecule has 0 unspecified atom stereocenters. The second-order valence-electron chi connectivity index (χ2n) is 7.47. The van der Waals surface area contributed by atoms with Gasteiger partial charge in [-0.1, -0.05) is 41.9 Å². The molecule has 3 aromatic rings. The van der Waals surface area contributed by atoms with E-state index in [0.717, 1.165) is 24.3 Å². The highest BCUT2D eigenvalue weighted by Gasteiger charge is 2.15. The highest BCUT2D eigenvalue weighted by molar-refractivity contribution is 7.80. The zero-order chi connectivity index (χ0) is 23.0. The lowest BCUT2D eigenvalue weighted by molar-refractivity contribution is 0.0977. The Bertz CT molecular complexity index is 1100. The summed E-state index contributed by atoms with van der Waals surface area (Å²) in [7, 11) is 0. The van der Waals surface area contributed by atoms with Crippen LogP contribution in [0.15, 0.2) is 72.8 Å². The SMILES string of the molecule is O=C(NC(=S)Nc1ccc(N2CCOCC2)c(Cl)c1)c1ccc(OCc2ccccc2)cc1. The van der Waals surface area contributed by atoms with Crippen LogP contribution in [0, 0.1) is 0 Å². The van der Waals surface area contributed by atoms with Crippen molar-refractivity contribution in [3.63, 3.8) is 0 Å². The Balaban J connectivity index is 1.29. The Morgan fingerprint density at radius 3 is 2.45 bits per heavy atom. The molecule has 6 nitrogen and oxygen atoms in total. The van der Waals surface area contributed by atoms with Crippen molar-refractivity contribution in [2.75, 3.05) is 36.5 Å². The number of benzene rings is 3. The van der Waals surface area contributed by atoms with E-state index in [-0.39, 0.29) is 11.0 Å². The van der Waals surface area contributed by atoms with Crippen molar-refractivity contribution in [2.24, 2.45) is 0 Å². The van der Waals surface area contributed by atoms with Gasteiger partial charge in [-0.05, 0) is 60.2 Å². The predicted octanol–water partition coefficient (Wildman–Crippen LogP) is 4.88. The van der Waals surface area contributed by atoms with E-state index in [0.29, 0.717) is 41.8 Å². The first-order valence-corrected chi connectivity index (χ1v) is 11.4. The van der Waals surface area contributed by atoms with E-state index in [1.165, 1.54) is 0 Å². The normalized spacial score (nSPS) is 13.3. The highest BCUT2D eigenvalue weighted by Crippen LogP contribution is 2.29. The van der Waals surface area contributed by atoms with E-state index in [4.69, 9.17) is 33.3 Å². The molecule has 3 aromatic carbocycles. The third kappa shape index (κ3) is 6.44. The fourth-order valence-corrected chi connectivity index (χ4v) is 3.94. The number of halogens is 1. The molecule has 33 heavy (non-hydrogen) atoms. The molecule has 1 aliphatic heterocycles. The largest absolute Gasteiger partial charge is 0.489 e. The molecule has 1 heterocycles. The number of hydrogen-bond donors (Lipinski definition) is 2. The second kappa shape index (κ2) is 11.1. The zero-order valence-electron chi connectivity index (χ0n) is 17.9. The topological polar surface area (TPSA) is 62.8 Å². The summed E-state index contributed by atoms with van der Waals surface area (Å²) in [6.45, 7) is 3.44. The fourth-order valence-electron chi connectivity index (χ4n) is 3.43. The molecular weight excluding hydrogens is 458 g/mol. The highest BCUT2D eigenvalue weighted by atomic mass is 35.5. The molecule has 1 amide bonds. The Hall–Kier alpha value is -3.13. The molecule has 0 spiro atoms. The minimum Gasteiger partial charge on any atom is -0.489 e. The van der Waals surface area contributed by atoms with Gasteiger partial charge in [-0.15, -0.1) is 0 Å². The van der Waals surface area contributed by atoms with Gasteiger partial charge in [0.15, 0.2) is 5.11 Å². The summed E-state index contributed by atoms with van der Waals surface area (Å²) in [5.74, 6) is 0.379. The van der Waals surface area contributed by atoms with Crippen LogP contribution >= 0.6 is 23.8 Å². The quantitative estimate of drug-likeness (QED) is 0.489. The van der Waals surface area contributed by atoms with Crippen LogP contribution in [0.5, 0.6) is 5.75 Å². The van der Waals surface area contributed by atoms with Crippen LogP contribution in [-0.4, -0.2) is 37.3 Å². The number of nitrogens with zero attached hydrogens (tertiary/aromatic N) is 1. The first-order chi connectivity index (χ1) is 16.1. The van der Waals surface area contributed by atoms with Crippen LogP contribution in [0.25, 0.3) is 0 Å². The van der Waals surface area contributed by atoms with Crippen molar-refractivity contribution in [1.29, 1.82) is 0 Å². The van der Waals surface area contributed by atoms with E-state index in [2.05, 4.69) is 15.5 Å². The van der Waals surface area contributed by atoms with E-state index in [1.54, 1.807) is 30.3 Å². The summed E-state index contributed by atoms with van der Waals surface area (Å²) >= 11 is 11.8. The van der Waals surface area contributed by atoms with Gasteiger partial charge in [-0.2, -0.15) is 0 Å². The van der Waals surface area contributed by atoms with Crippen LogP contribution < -0.4 is 20.3 Å². The number of rotatable bonds is 6. The molecule has 0 atom stereocenters. The molecule has 1 saturated heterocycles. The molecule has 1 fully saturated rings. The molecule has 170 valence electrons. The monoisotopic (exact) mass is 481 g/mol. The van der Waals surface area contributed by atoms with Gasteiger partial charge in [-0.3, -0.25) is 10.1 Å². The van der Waals surface area contributed by atoms with Crippen LogP contribution in [0.4, 0.5) is 11.4 Å². The first-order valence-electron chi connectivity index (χ1n) is 10.6. The van der Waals surface area contributed by atoms with Crippen molar-refractivity contribution in [1.82, 2.24) is 5.32 Å². The maximum atomic E-state index is 12.5. The molecule has 0 bridgehead atoms. The summed E-state index contributed by atoms with van der Waals surface area (Å²) in [6, 6.07) is 22.4. The van der Waals surface area contributed by atoms with E-state index in [1.807, 2.05) is 42.5 Å². The van der Waals surface area contributed by atoms with Crippen LogP contribution in [0.3, 0.4) is 0 Å². The van der Waals surface area contributed by atoms with E-state index < -0.39 is 0 Å². The number of nitrogens with one attached hydrogen (secondary N) is 2. The Morgan fingerprint density at radius 1 is 1.03 bits per heavy atom. The minimum absolute atomic E-state index is 0.194. The second-order valence-corrected chi connectivity index (χ2v) is 8.29. The number of carbonyl (C=O) groups excluding carboxylic acids is 1. The number of carbonyl (C=O) groups is 1. The Kier molecular flexibility index (Phi) is 7.78. The van der Waals surface area contributed by atoms with Crippen LogP contribution in [-0.2, 0) is 11.3 Å². The average Bonchev–Trinajstić information content (AvgIpc) is 2.84. The van der Waals surface area contributed by atoms with Gasteiger partial charge in [0.1, 0.15) is 12.4 Å². The van der Waals surface area contributed by atoms with Gasteiger partial charge < -0.3 is 19.7 Å². The average molecular weight is 482 g/mol. The van der Waals surface area contributed by atoms with Gasteiger partial charge >= 0.3 is 0 Å². The molecular formula is C25H24ClN3O3S. The lowest BCUT2D eigenvalue weighted by Gasteiger charge is -2.29. The number of morpholine rings is 1. The molecule has 2 N–H and O–H groups in total. The first kappa shape index (κ1) is 23.0. The molecule has 4 rings (SSSR count). The van der Waals surface area contributed by atoms with Crippen molar-refractivity contribution < 1.29 is 14.3 Å². The van der Waals surface area contributed by atoms with E-state index in [9.17, 15) is 4.79 Å². The van der Waals surface area contributed by atoms with Gasteiger partial charge in [0.25, 0.3) is 5.91 Å². The maximum Gasteiger partial charge on any atom is 0.257 e. The third-order valence-electron chi connectivity index (χ3n) is 5.15. The molecule has 0 saturated carbocycles. The summed E-state index contributed by atoms with van der Waals surface area (Å²) in [6.07, 6.45) is 0. The number of amides is 1. The standard InChI is InChI=1S/C25H24ClN3O3S/c26-22-16-20(8-11-23(22)29-12-14-31-15-13-29)27-25(33)28-24(30)19-6-9-21(10-7-19)32-17-18-4-2-1-3-5-18/h1-11,16H,12-15,17H2,(H2,27,28,30,33). The lowest BCUT2D eigenvalue weighted by atomic mass is 10.2. The number of ether oxygens (including phenoxy) is 2. The molecule has 0 aliphatic carbocycles. The summed E-state index contributed by atoms with van der Waals surface area (Å²) in [4.78, 5) is 14.7. The molecule has 0 radical (unpaired) electrons. The summed E-state index contributed by atoms with van der Waals surface area (Å²) in [5, 5.41) is 6.51. The zero-order valence-corrected chi connectivity index (χ0v) is 19.5. The Morgan fingerprint density at radius 2 is 1.76 bits per heavy atom. The fraction of sp³-hybridized carbons (Fsp3) is 0.200. The van der Waals surface area contributed by atoms with Gasteiger partial charge in [-0.25, -0.2) is 0 Å². The summed E-state index contributed by atoms with van der Waals surface area (Å²) in [5.41, 5.74) is 3.21. The van der Waals surface area contributed by atoms with Gasteiger partial charge in [0, 0.05) is 24.3 Å². The van der Waals surface area contributed by atoms with Crippen LogP contribution in [0.2, 0.25) is 5.02 Å². The van der Waals surface area contributed by atoms with Crippen molar-refractivity contribution >= 4 is 46.2 Å². The molecule has 8 heteroatoms. The smallest absolute Gasteiger partial charge is 0.257 e.